The van der Waals surface area contributed by atoms with Crippen LogP contribution in [0.15, 0.2) is 115 Å². The third-order valence-corrected chi connectivity index (χ3v) is 7.26. The molecule has 3 aromatic heterocycles. The molecule has 0 spiro atoms. The van der Waals surface area contributed by atoms with Crippen molar-refractivity contribution in [2.45, 2.75) is 6.92 Å². The molecule has 0 saturated heterocycles. The van der Waals surface area contributed by atoms with E-state index in [-0.39, 0.29) is 0 Å². The summed E-state index contributed by atoms with van der Waals surface area (Å²) in [5, 5.41) is 6.90. The molecule has 7 aromatic rings. The molecule has 0 aliphatic rings. The van der Waals surface area contributed by atoms with Gasteiger partial charge in [-0.25, -0.2) is 4.98 Å². The molecule has 0 aliphatic carbocycles. The summed E-state index contributed by atoms with van der Waals surface area (Å²) < 4.78 is 15.7. The lowest BCUT2D eigenvalue weighted by Crippen LogP contribution is -1.98. The van der Waals surface area contributed by atoms with Crippen molar-refractivity contribution in [1.82, 2.24) is 19.3 Å². The zero-order chi connectivity index (χ0) is 28.6. The molecule has 0 bridgehead atoms. The number of aromatic nitrogens is 4. The van der Waals surface area contributed by atoms with Gasteiger partial charge in [-0.1, -0.05) is 66.3 Å². The standard InChI is InChI=1S/C35H25N5O2/c1-23-18-19-37-32(20-23)39-30-15-8-7-14-28(30)29-17-16-27(22-31(29)39)42-26-13-9-12-25(21-26)40-34(36-2)33(35(38-40)41-3)24-10-5-4-6-11-24/h4-22H,1,3H3. The molecule has 0 radical (unpaired) electrons. The molecule has 0 fully saturated rings. The van der Waals surface area contributed by atoms with Crippen molar-refractivity contribution < 1.29 is 9.47 Å². The number of para-hydroxylation sites is 1. The van der Waals surface area contributed by atoms with Crippen LogP contribution in [0.4, 0.5) is 5.82 Å². The lowest BCUT2D eigenvalue weighted by Gasteiger charge is -2.10. The fraction of sp³-hybridized carbons (Fsp3) is 0.0571. The SMILES string of the molecule is [C-]#[N+]c1c(-c2ccccc2)c(OC)nn1-c1cccc(Oc2ccc3c4ccccc4n(-c4cc(C)ccn4)c3c2)c1. The molecule has 7 rings (SSSR count). The molecular weight excluding hydrogens is 522 g/mol. The number of hydrogen-bond donors (Lipinski definition) is 0. The van der Waals surface area contributed by atoms with E-state index in [1.54, 1.807) is 11.8 Å². The molecule has 0 amide bonds. The van der Waals surface area contributed by atoms with Crippen molar-refractivity contribution in [2.24, 2.45) is 0 Å². The normalized spacial score (nSPS) is 11.1. The predicted molar refractivity (Wildman–Crippen MR) is 165 cm³/mol. The van der Waals surface area contributed by atoms with Gasteiger partial charge in [-0.15, -0.1) is 0 Å². The molecule has 42 heavy (non-hydrogen) atoms. The summed E-state index contributed by atoms with van der Waals surface area (Å²) in [4.78, 5) is 8.50. The van der Waals surface area contributed by atoms with Gasteiger partial charge in [0.05, 0.1) is 23.7 Å². The van der Waals surface area contributed by atoms with Gasteiger partial charge in [0.1, 0.15) is 23.0 Å². The van der Waals surface area contributed by atoms with Gasteiger partial charge in [-0.3, -0.25) is 4.57 Å². The molecule has 0 atom stereocenters. The summed E-state index contributed by atoms with van der Waals surface area (Å²) in [5.74, 6) is 2.92. The Kier molecular flexibility index (Phi) is 6.14. The van der Waals surface area contributed by atoms with Gasteiger partial charge in [0.15, 0.2) is 0 Å². The van der Waals surface area contributed by atoms with E-state index < -0.39 is 0 Å². The molecule has 202 valence electrons. The predicted octanol–water partition coefficient (Wildman–Crippen LogP) is 8.69. The lowest BCUT2D eigenvalue weighted by molar-refractivity contribution is 0.395. The molecule has 0 N–H and O–H groups in total. The van der Waals surface area contributed by atoms with Gasteiger partial charge in [0.25, 0.3) is 11.7 Å². The van der Waals surface area contributed by atoms with Crippen molar-refractivity contribution >= 4 is 27.6 Å². The Morgan fingerprint density at radius 3 is 2.36 bits per heavy atom. The van der Waals surface area contributed by atoms with Crippen LogP contribution < -0.4 is 9.47 Å². The number of methoxy groups -OCH3 is 1. The Morgan fingerprint density at radius 1 is 0.762 bits per heavy atom. The first kappa shape index (κ1) is 25.1. The van der Waals surface area contributed by atoms with E-state index in [1.165, 1.54) is 0 Å². The minimum Gasteiger partial charge on any atom is -0.479 e. The van der Waals surface area contributed by atoms with Crippen LogP contribution in [-0.4, -0.2) is 26.4 Å². The molecule has 0 saturated carbocycles. The Bertz CT molecular complexity index is 2140. The number of pyridine rings is 1. The third-order valence-electron chi connectivity index (χ3n) is 7.26. The highest BCUT2D eigenvalue weighted by Crippen LogP contribution is 2.41. The average Bonchev–Trinajstić information content (AvgIpc) is 3.57. The monoisotopic (exact) mass is 547 g/mol. The van der Waals surface area contributed by atoms with Crippen LogP contribution in [0.5, 0.6) is 17.4 Å². The number of rotatable bonds is 6. The first-order chi connectivity index (χ1) is 20.6. The van der Waals surface area contributed by atoms with Crippen molar-refractivity contribution in [3.63, 3.8) is 0 Å². The second-order valence-corrected chi connectivity index (χ2v) is 9.92. The van der Waals surface area contributed by atoms with E-state index in [1.807, 2.05) is 85.1 Å². The van der Waals surface area contributed by atoms with Gasteiger partial charge >= 0.3 is 0 Å². The van der Waals surface area contributed by atoms with Crippen LogP contribution >= 0.6 is 0 Å². The van der Waals surface area contributed by atoms with Crippen LogP contribution in [0.1, 0.15) is 5.56 Å². The van der Waals surface area contributed by atoms with Gasteiger partial charge < -0.3 is 14.3 Å². The van der Waals surface area contributed by atoms with E-state index >= 15 is 0 Å². The van der Waals surface area contributed by atoms with Gasteiger partial charge in [-0.05, 0) is 60.5 Å². The molecule has 7 nitrogen and oxygen atoms in total. The molecule has 0 unspecified atom stereocenters. The number of ether oxygens (including phenoxy) is 2. The second-order valence-electron chi connectivity index (χ2n) is 9.92. The maximum Gasteiger partial charge on any atom is 0.269 e. The zero-order valence-corrected chi connectivity index (χ0v) is 23.0. The summed E-state index contributed by atoms with van der Waals surface area (Å²) in [7, 11) is 1.56. The molecular formula is C35H25N5O2. The summed E-state index contributed by atoms with van der Waals surface area (Å²) in [6.07, 6.45) is 1.84. The topological polar surface area (TPSA) is 58.5 Å². The van der Waals surface area contributed by atoms with Crippen molar-refractivity contribution in [3.05, 3.63) is 132 Å². The van der Waals surface area contributed by atoms with E-state index in [9.17, 15) is 0 Å². The maximum absolute atomic E-state index is 7.94. The summed E-state index contributed by atoms with van der Waals surface area (Å²) in [5.41, 5.74) is 5.44. The number of hydrogen-bond acceptors (Lipinski definition) is 4. The van der Waals surface area contributed by atoms with Crippen LogP contribution in [0.25, 0.3) is 49.3 Å². The minimum absolute atomic E-state index is 0.367. The highest BCUT2D eigenvalue weighted by molar-refractivity contribution is 6.09. The Hall–Kier alpha value is -5.87. The Morgan fingerprint density at radius 2 is 1.55 bits per heavy atom. The van der Waals surface area contributed by atoms with E-state index in [0.29, 0.717) is 34.4 Å². The first-order valence-corrected chi connectivity index (χ1v) is 13.5. The largest absolute Gasteiger partial charge is 0.479 e. The summed E-state index contributed by atoms with van der Waals surface area (Å²) in [6.45, 7) is 10.0. The quantitative estimate of drug-likeness (QED) is 0.195. The van der Waals surface area contributed by atoms with Crippen molar-refractivity contribution in [2.75, 3.05) is 7.11 Å². The Labute approximate surface area is 242 Å². The molecule has 4 aromatic carbocycles. The first-order valence-electron chi connectivity index (χ1n) is 13.5. The third kappa shape index (κ3) is 4.23. The number of fused-ring (bicyclic) bond motifs is 3. The van der Waals surface area contributed by atoms with Crippen LogP contribution in [0.3, 0.4) is 0 Å². The van der Waals surface area contributed by atoms with Crippen LogP contribution in [-0.2, 0) is 0 Å². The van der Waals surface area contributed by atoms with E-state index in [2.05, 4.69) is 56.8 Å². The lowest BCUT2D eigenvalue weighted by atomic mass is 10.1. The Balaban J connectivity index is 1.31. The molecule has 3 heterocycles. The number of nitrogens with zero attached hydrogens (tertiary/aromatic N) is 5. The van der Waals surface area contributed by atoms with Crippen molar-refractivity contribution in [1.29, 1.82) is 0 Å². The van der Waals surface area contributed by atoms with E-state index in [4.69, 9.17) is 16.0 Å². The zero-order valence-electron chi connectivity index (χ0n) is 23.0. The highest BCUT2D eigenvalue weighted by Gasteiger charge is 2.23. The van der Waals surface area contributed by atoms with E-state index in [0.717, 1.165) is 38.8 Å². The fourth-order valence-corrected chi connectivity index (χ4v) is 5.39. The van der Waals surface area contributed by atoms with Crippen LogP contribution in [0.2, 0.25) is 0 Å². The summed E-state index contributed by atoms with van der Waals surface area (Å²) in [6, 6.07) is 35.8. The maximum atomic E-state index is 7.94. The van der Waals surface area contributed by atoms with Crippen molar-refractivity contribution in [3.8, 4) is 40.0 Å². The van der Waals surface area contributed by atoms with Crippen LogP contribution in [0, 0.1) is 13.5 Å². The average molecular weight is 548 g/mol. The van der Waals surface area contributed by atoms with Gasteiger partial charge in [0.2, 0.25) is 0 Å². The summed E-state index contributed by atoms with van der Waals surface area (Å²) >= 11 is 0. The highest BCUT2D eigenvalue weighted by atomic mass is 16.5. The second kappa shape index (κ2) is 10.3. The minimum atomic E-state index is 0.367. The smallest absolute Gasteiger partial charge is 0.269 e. The number of aryl methyl sites for hydroxylation is 1. The fourth-order valence-electron chi connectivity index (χ4n) is 5.39. The number of benzene rings is 4. The van der Waals surface area contributed by atoms with Gasteiger partial charge in [0, 0.05) is 29.1 Å². The molecule has 0 aliphatic heterocycles. The molecule has 7 heteroatoms. The van der Waals surface area contributed by atoms with Gasteiger partial charge in [-0.2, -0.15) is 4.68 Å².